The summed E-state index contributed by atoms with van der Waals surface area (Å²) in [7, 11) is 1.74. The molecule has 6 heteroatoms. The number of benzene rings is 1. The van der Waals surface area contributed by atoms with E-state index in [1.165, 1.54) is 6.07 Å². The van der Waals surface area contributed by atoms with Crippen molar-refractivity contribution in [1.29, 1.82) is 0 Å². The number of halogens is 3. The minimum atomic E-state index is -4.45. The van der Waals surface area contributed by atoms with Crippen LogP contribution in [0.4, 0.5) is 18.9 Å². The summed E-state index contributed by atoms with van der Waals surface area (Å²) in [5.74, 6) is -1.94. The van der Waals surface area contributed by atoms with Gasteiger partial charge in [0.25, 0.3) is 0 Å². The molecule has 3 nitrogen and oxygen atoms in total. The molecule has 0 spiro atoms. The van der Waals surface area contributed by atoms with Gasteiger partial charge in [-0.25, -0.2) is 0 Å². The summed E-state index contributed by atoms with van der Waals surface area (Å²) in [4.78, 5) is 12.9. The van der Waals surface area contributed by atoms with Crippen molar-refractivity contribution < 1.29 is 23.1 Å². The summed E-state index contributed by atoms with van der Waals surface area (Å²) in [5, 5.41) is 9.07. The number of rotatable bonds is 1. The Morgan fingerprint density at radius 2 is 2.11 bits per heavy atom. The average Bonchev–Trinajstić information content (AvgIpc) is 2.27. The van der Waals surface area contributed by atoms with Crippen molar-refractivity contribution in [3.8, 4) is 0 Å². The molecule has 1 aromatic rings. The van der Waals surface area contributed by atoms with Gasteiger partial charge in [0.05, 0.1) is 11.5 Å². The maximum atomic E-state index is 12.6. The molecular formula is C12H12F3NO2. The smallest absolute Gasteiger partial charge is 0.416 e. The van der Waals surface area contributed by atoms with E-state index in [0.29, 0.717) is 18.7 Å². The largest absolute Gasteiger partial charge is 0.481 e. The Labute approximate surface area is 102 Å². The minimum absolute atomic E-state index is 0.242. The number of carboxylic acid groups (broad SMARTS) is 1. The van der Waals surface area contributed by atoms with Gasteiger partial charge in [-0.2, -0.15) is 13.2 Å². The van der Waals surface area contributed by atoms with E-state index in [2.05, 4.69) is 0 Å². The molecule has 0 saturated heterocycles. The molecule has 0 saturated carbocycles. The van der Waals surface area contributed by atoms with Crippen LogP contribution in [0.25, 0.3) is 0 Å². The van der Waals surface area contributed by atoms with Crippen LogP contribution in [0.3, 0.4) is 0 Å². The number of carbonyl (C=O) groups is 1. The second kappa shape index (κ2) is 4.19. The summed E-state index contributed by atoms with van der Waals surface area (Å²) in [5.41, 5.74) is -0.00414. The van der Waals surface area contributed by atoms with Gasteiger partial charge in [0, 0.05) is 19.3 Å². The molecule has 0 bridgehead atoms. The van der Waals surface area contributed by atoms with E-state index in [-0.39, 0.29) is 5.56 Å². The van der Waals surface area contributed by atoms with E-state index in [1.54, 1.807) is 11.9 Å². The summed E-state index contributed by atoms with van der Waals surface area (Å²) >= 11 is 0. The molecule has 0 amide bonds. The number of hydrogen-bond acceptors (Lipinski definition) is 2. The van der Waals surface area contributed by atoms with Crippen molar-refractivity contribution in [3.63, 3.8) is 0 Å². The van der Waals surface area contributed by atoms with E-state index in [4.69, 9.17) is 5.11 Å². The lowest BCUT2D eigenvalue weighted by Crippen LogP contribution is -2.30. The third-order valence-electron chi connectivity index (χ3n) is 3.19. The highest BCUT2D eigenvalue weighted by atomic mass is 19.4. The topological polar surface area (TPSA) is 40.5 Å². The SMILES string of the molecule is CN1CCC(C(=O)O)c2cc(C(F)(F)F)ccc21. The lowest BCUT2D eigenvalue weighted by atomic mass is 9.89. The summed E-state index contributed by atoms with van der Waals surface area (Å²) in [6.45, 7) is 0.523. The maximum absolute atomic E-state index is 12.6. The number of anilines is 1. The summed E-state index contributed by atoms with van der Waals surface area (Å²) < 4.78 is 37.9. The van der Waals surface area contributed by atoms with Gasteiger partial charge >= 0.3 is 12.1 Å². The summed E-state index contributed by atoms with van der Waals surface area (Å²) in [6.07, 6.45) is -4.13. The van der Waals surface area contributed by atoms with Crippen LogP contribution < -0.4 is 4.90 Å². The fraction of sp³-hybridized carbons (Fsp3) is 0.417. The molecule has 1 aliphatic rings. The van der Waals surface area contributed by atoms with Crippen molar-refractivity contribution in [2.75, 3.05) is 18.5 Å². The highest BCUT2D eigenvalue weighted by Gasteiger charge is 2.35. The van der Waals surface area contributed by atoms with Crippen molar-refractivity contribution in [2.45, 2.75) is 18.5 Å². The predicted molar refractivity (Wildman–Crippen MR) is 59.7 cm³/mol. The Balaban J connectivity index is 2.53. The molecule has 18 heavy (non-hydrogen) atoms. The quantitative estimate of drug-likeness (QED) is 0.843. The Kier molecular flexibility index (Phi) is 2.96. The highest BCUT2D eigenvalue weighted by molar-refractivity contribution is 5.80. The van der Waals surface area contributed by atoms with E-state index < -0.39 is 23.6 Å². The number of carboxylic acids is 1. The second-order valence-corrected chi connectivity index (χ2v) is 4.37. The van der Waals surface area contributed by atoms with Crippen molar-refractivity contribution in [2.24, 2.45) is 0 Å². The second-order valence-electron chi connectivity index (χ2n) is 4.37. The monoisotopic (exact) mass is 259 g/mol. The van der Waals surface area contributed by atoms with Crippen molar-refractivity contribution >= 4 is 11.7 Å². The van der Waals surface area contributed by atoms with Crippen molar-refractivity contribution in [1.82, 2.24) is 0 Å². The Hall–Kier alpha value is -1.72. The Morgan fingerprint density at radius 3 is 2.67 bits per heavy atom. The zero-order valence-corrected chi connectivity index (χ0v) is 9.66. The minimum Gasteiger partial charge on any atom is -0.481 e. The molecule has 0 radical (unpaired) electrons. The van der Waals surface area contributed by atoms with Gasteiger partial charge in [-0.3, -0.25) is 4.79 Å². The molecule has 1 aliphatic heterocycles. The molecule has 1 aromatic carbocycles. The molecule has 1 atom stereocenters. The van der Waals surface area contributed by atoms with Crippen LogP contribution in [-0.4, -0.2) is 24.7 Å². The van der Waals surface area contributed by atoms with E-state index in [1.807, 2.05) is 0 Å². The molecule has 0 aliphatic carbocycles. The lowest BCUT2D eigenvalue weighted by Gasteiger charge is -2.31. The average molecular weight is 259 g/mol. The Bertz CT molecular complexity index is 485. The van der Waals surface area contributed by atoms with Gasteiger partial charge in [0.2, 0.25) is 0 Å². The third kappa shape index (κ3) is 2.14. The molecule has 1 unspecified atom stereocenters. The molecule has 1 N–H and O–H groups in total. The van der Waals surface area contributed by atoms with Crippen LogP contribution in [0, 0.1) is 0 Å². The van der Waals surface area contributed by atoms with Crippen LogP contribution in [0.15, 0.2) is 18.2 Å². The molecule has 0 aromatic heterocycles. The van der Waals surface area contributed by atoms with Crippen LogP contribution in [-0.2, 0) is 11.0 Å². The molecule has 0 fully saturated rings. The van der Waals surface area contributed by atoms with Gasteiger partial charge in [0.1, 0.15) is 0 Å². The number of hydrogen-bond donors (Lipinski definition) is 1. The van der Waals surface area contributed by atoms with Crippen LogP contribution in [0.2, 0.25) is 0 Å². The fourth-order valence-electron chi connectivity index (χ4n) is 2.21. The van der Waals surface area contributed by atoms with E-state index >= 15 is 0 Å². The molecule has 2 rings (SSSR count). The standard InChI is InChI=1S/C12H12F3NO2/c1-16-5-4-8(11(17)18)9-6-7(12(13,14)15)2-3-10(9)16/h2-3,6,8H,4-5H2,1H3,(H,17,18). The van der Waals surface area contributed by atoms with E-state index in [9.17, 15) is 18.0 Å². The van der Waals surface area contributed by atoms with Gasteiger partial charge in [-0.05, 0) is 30.2 Å². The zero-order valence-electron chi connectivity index (χ0n) is 9.66. The molecule has 1 heterocycles. The first kappa shape index (κ1) is 12.7. The maximum Gasteiger partial charge on any atom is 0.416 e. The number of aliphatic carboxylic acids is 1. The summed E-state index contributed by atoms with van der Waals surface area (Å²) in [6, 6.07) is 3.27. The fourth-order valence-corrected chi connectivity index (χ4v) is 2.21. The normalized spacial score (nSPS) is 19.6. The number of nitrogens with zero attached hydrogens (tertiary/aromatic N) is 1. The van der Waals surface area contributed by atoms with Gasteiger partial charge < -0.3 is 10.0 Å². The first-order chi connectivity index (χ1) is 8.30. The number of fused-ring (bicyclic) bond motifs is 1. The van der Waals surface area contributed by atoms with Crippen molar-refractivity contribution in [3.05, 3.63) is 29.3 Å². The van der Waals surface area contributed by atoms with Gasteiger partial charge in [-0.1, -0.05) is 0 Å². The first-order valence-corrected chi connectivity index (χ1v) is 5.46. The lowest BCUT2D eigenvalue weighted by molar-refractivity contribution is -0.140. The van der Waals surface area contributed by atoms with Crippen LogP contribution >= 0.6 is 0 Å². The zero-order chi connectivity index (χ0) is 13.5. The van der Waals surface area contributed by atoms with Crippen LogP contribution in [0.5, 0.6) is 0 Å². The molecular weight excluding hydrogens is 247 g/mol. The Morgan fingerprint density at radius 1 is 1.44 bits per heavy atom. The predicted octanol–water partition coefficient (Wildman–Crippen LogP) is 2.71. The first-order valence-electron chi connectivity index (χ1n) is 5.46. The third-order valence-corrected chi connectivity index (χ3v) is 3.19. The van der Waals surface area contributed by atoms with Gasteiger partial charge in [0.15, 0.2) is 0 Å². The molecule has 98 valence electrons. The van der Waals surface area contributed by atoms with Gasteiger partial charge in [-0.15, -0.1) is 0 Å². The number of alkyl halides is 3. The van der Waals surface area contributed by atoms with E-state index in [0.717, 1.165) is 12.1 Å². The van der Waals surface area contributed by atoms with Crippen LogP contribution in [0.1, 0.15) is 23.5 Å². The highest BCUT2D eigenvalue weighted by Crippen LogP contribution is 2.39.